The van der Waals surface area contributed by atoms with Crippen LogP contribution in [-0.2, 0) is 4.79 Å². The Morgan fingerprint density at radius 3 is 2.92 bits per heavy atom. The number of allylic oxidation sites excluding steroid dienone is 1. The van der Waals surface area contributed by atoms with Gasteiger partial charge in [-0.15, -0.1) is 0 Å². The number of ether oxygens (including phenoxy) is 1. The van der Waals surface area contributed by atoms with Gasteiger partial charge >= 0.3 is 0 Å². The van der Waals surface area contributed by atoms with Gasteiger partial charge in [0.15, 0.2) is 0 Å². The molecule has 2 aliphatic heterocycles. The number of aliphatic hydroxyl groups is 1. The van der Waals surface area contributed by atoms with Gasteiger partial charge in [-0.1, -0.05) is 12.1 Å². The Morgan fingerprint density at radius 2 is 2.24 bits per heavy atom. The highest BCUT2D eigenvalue weighted by molar-refractivity contribution is 6.03. The van der Waals surface area contributed by atoms with Gasteiger partial charge in [0.1, 0.15) is 12.0 Å². The highest BCUT2D eigenvalue weighted by Gasteiger charge is 2.39. The number of carbonyl (C=O) groups is 2. The summed E-state index contributed by atoms with van der Waals surface area (Å²) in [5.41, 5.74) is 2.62. The van der Waals surface area contributed by atoms with Crippen LogP contribution in [0.15, 0.2) is 36.1 Å². The number of aliphatic hydroxyl groups excluding tert-OH is 1. The third kappa shape index (κ3) is 2.98. The molecule has 2 atom stereocenters. The molecule has 0 bridgehead atoms. The molecule has 25 heavy (non-hydrogen) atoms. The van der Waals surface area contributed by atoms with Gasteiger partial charge in [-0.25, -0.2) is 0 Å². The van der Waals surface area contributed by atoms with E-state index in [1.165, 1.54) is 18.1 Å². The van der Waals surface area contributed by atoms with Crippen LogP contribution in [0, 0.1) is 6.92 Å². The summed E-state index contributed by atoms with van der Waals surface area (Å²) >= 11 is 0. The highest BCUT2D eigenvalue weighted by Crippen LogP contribution is 2.38. The van der Waals surface area contributed by atoms with Crippen molar-refractivity contribution in [1.29, 1.82) is 0 Å². The summed E-state index contributed by atoms with van der Waals surface area (Å²) in [4.78, 5) is 25.8. The zero-order chi connectivity index (χ0) is 18.1. The number of methoxy groups -OCH3 is 1. The van der Waals surface area contributed by atoms with E-state index in [1.54, 1.807) is 25.4 Å². The van der Waals surface area contributed by atoms with Gasteiger partial charge < -0.3 is 25.4 Å². The first-order valence-corrected chi connectivity index (χ1v) is 8.01. The second-order valence-electron chi connectivity index (χ2n) is 6.06. The Hall–Kier alpha value is -2.80. The van der Waals surface area contributed by atoms with Crippen LogP contribution in [0.2, 0.25) is 0 Å². The van der Waals surface area contributed by atoms with Crippen molar-refractivity contribution in [3.05, 3.63) is 47.2 Å². The molecule has 0 fully saturated rings. The van der Waals surface area contributed by atoms with E-state index in [4.69, 9.17) is 4.74 Å². The number of hydrogen-bond donors (Lipinski definition) is 3. The van der Waals surface area contributed by atoms with Crippen LogP contribution in [0.1, 0.15) is 22.3 Å². The molecule has 1 aromatic rings. The minimum atomic E-state index is -0.956. The number of benzene rings is 1. The Labute approximate surface area is 146 Å². The van der Waals surface area contributed by atoms with E-state index in [1.807, 2.05) is 13.0 Å². The normalized spacial score (nSPS) is 22.0. The van der Waals surface area contributed by atoms with Gasteiger partial charge in [-0.2, -0.15) is 0 Å². The van der Waals surface area contributed by atoms with E-state index in [2.05, 4.69) is 10.6 Å². The fourth-order valence-corrected chi connectivity index (χ4v) is 3.17. The summed E-state index contributed by atoms with van der Waals surface area (Å²) < 4.78 is 5.40. The molecule has 2 amide bonds. The molecule has 0 saturated heterocycles. The number of aryl methyl sites for hydroxylation is 1. The molecule has 0 aromatic heterocycles. The van der Waals surface area contributed by atoms with E-state index in [0.717, 1.165) is 11.1 Å². The van der Waals surface area contributed by atoms with Crippen LogP contribution in [0.25, 0.3) is 0 Å². The molecular weight excluding hydrogens is 322 g/mol. The second kappa shape index (κ2) is 6.60. The Bertz CT molecular complexity index is 785. The number of rotatable bonds is 3. The molecule has 0 aliphatic carbocycles. The smallest absolute Gasteiger partial charge is 0.260 e. The van der Waals surface area contributed by atoms with Crippen molar-refractivity contribution in [2.45, 2.75) is 25.6 Å². The molecule has 0 radical (unpaired) electrons. The molecular formula is C18H21N3O4. The zero-order valence-electron chi connectivity index (χ0n) is 14.4. The largest absolute Gasteiger partial charge is 0.494 e. The molecule has 132 valence electrons. The van der Waals surface area contributed by atoms with Crippen molar-refractivity contribution in [2.75, 3.05) is 19.5 Å². The zero-order valence-corrected chi connectivity index (χ0v) is 14.4. The monoisotopic (exact) mass is 343 g/mol. The number of likely N-dealkylation sites (N-methyl/N-ethyl adjacent to an activating group) is 1. The fraction of sp³-hybridized carbons (Fsp3) is 0.333. The van der Waals surface area contributed by atoms with E-state index in [-0.39, 0.29) is 11.8 Å². The quantitative estimate of drug-likeness (QED) is 0.716. The van der Waals surface area contributed by atoms with Crippen LogP contribution in [0.4, 0.5) is 5.69 Å². The molecule has 3 N–H and O–H groups in total. The van der Waals surface area contributed by atoms with Crippen LogP contribution in [0.3, 0.4) is 0 Å². The molecule has 2 aliphatic rings. The van der Waals surface area contributed by atoms with E-state index in [9.17, 15) is 14.7 Å². The van der Waals surface area contributed by atoms with Gasteiger partial charge in [-0.05, 0) is 30.5 Å². The first-order chi connectivity index (χ1) is 12.0. The lowest BCUT2D eigenvalue weighted by molar-refractivity contribution is -0.116. The first kappa shape index (κ1) is 17.0. The van der Waals surface area contributed by atoms with Crippen molar-refractivity contribution in [3.63, 3.8) is 0 Å². The molecule has 0 spiro atoms. The third-order valence-electron chi connectivity index (χ3n) is 4.48. The van der Waals surface area contributed by atoms with Gasteiger partial charge in [0.2, 0.25) is 5.91 Å². The maximum Gasteiger partial charge on any atom is 0.260 e. The number of amides is 2. The summed E-state index contributed by atoms with van der Waals surface area (Å²) in [6.45, 7) is 1.88. The molecule has 7 heteroatoms. The second-order valence-corrected chi connectivity index (χ2v) is 6.06. The standard InChI is InChI=1S/C18H21N3O4/c1-10-4-6-12-15(16(10)25-3)20-17(23)13-8-11(5-7-14(22)19-2)9-21(13)18(12)24/h4-7,9,13,17,20,23H,8H2,1-3H3,(H,19,22). The van der Waals surface area contributed by atoms with Crippen molar-refractivity contribution in [1.82, 2.24) is 10.2 Å². The summed E-state index contributed by atoms with van der Waals surface area (Å²) in [6.07, 6.45) is 4.23. The minimum absolute atomic E-state index is 0.217. The highest BCUT2D eigenvalue weighted by atomic mass is 16.5. The lowest BCUT2D eigenvalue weighted by Crippen LogP contribution is -2.42. The predicted octanol–water partition coefficient (Wildman–Crippen LogP) is 1.15. The van der Waals surface area contributed by atoms with E-state index in [0.29, 0.717) is 23.4 Å². The maximum atomic E-state index is 13.0. The van der Waals surface area contributed by atoms with Gasteiger partial charge in [0, 0.05) is 19.3 Å². The topological polar surface area (TPSA) is 90.9 Å². The Kier molecular flexibility index (Phi) is 4.50. The summed E-state index contributed by atoms with van der Waals surface area (Å²) in [6, 6.07) is 3.09. The minimum Gasteiger partial charge on any atom is -0.494 e. The van der Waals surface area contributed by atoms with Gasteiger partial charge in [0.05, 0.1) is 24.4 Å². The van der Waals surface area contributed by atoms with Crippen molar-refractivity contribution >= 4 is 17.5 Å². The molecule has 2 heterocycles. The molecule has 2 unspecified atom stereocenters. The summed E-state index contributed by atoms with van der Waals surface area (Å²) in [5, 5.41) is 16.1. The maximum absolute atomic E-state index is 13.0. The van der Waals surface area contributed by atoms with Gasteiger partial charge in [-0.3, -0.25) is 9.59 Å². The number of anilines is 1. The lowest BCUT2D eigenvalue weighted by Gasteiger charge is -2.25. The van der Waals surface area contributed by atoms with Crippen molar-refractivity contribution < 1.29 is 19.4 Å². The SMILES string of the molecule is CNC(=O)C=CC1=CN2C(=O)c3ccc(C)c(OC)c3NC(O)C2C1. The van der Waals surface area contributed by atoms with Gasteiger partial charge in [0.25, 0.3) is 5.91 Å². The Balaban J connectivity index is 1.98. The number of fused-ring (bicyclic) bond motifs is 2. The first-order valence-electron chi connectivity index (χ1n) is 8.01. The number of carbonyl (C=O) groups excluding carboxylic acids is 2. The number of nitrogens with one attached hydrogen (secondary N) is 2. The third-order valence-corrected chi connectivity index (χ3v) is 4.48. The molecule has 1 aromatic carbocycles. The van der Waals surface area contributed by atoms with Crippen LogP contribution in [0.5, 0.6) is 5.75 Å². The van der Waals surface area contributed by atoms with Crippen LogP contribution < -0.4 is 15.4 Å². The van der Waals surface area contributed by atoms with E-state index >= 15 is 0 Å². The lowest BCUT2D eigenvalue weighted by atomic mass is 10.1. The van der Waals surface area contributed by atoms with Crippen molar-refractivity contribution in [2.24, 2.45) is 0 Å². The summed E-state index contributed by atoms with van der Waals surface area (Å²) in [7, 11) is 3.08. The Morgan fingerprint density at radius 1 is 1.48 bits per heavy atom. The van der Waals surface area contributed by atoms with Crippen LogP contribution >= 0.6 is 0 Å². The average molecular weight is 343 g/mol. The average Bonchev–Trinajstić information content (AvgIpc) is 3.00. The number of nitrogens with zero attached hydrogens (tertiary/aromatic N) is 1. The molecule has 0 saturated carbocycles. The van der Waals surface area contributed by atoms with Crippen LogP contribution in [-0.4, -0.2) is 48.2 Å². The van der Waals surface area contributed by atoms with Crippen molar-refractivity contribution in [3.8, 4) is 5.75 Å². The predicted molar refractivity (Wildman–Crippen MR) is 93.2 cm³/mol. The molecule has 3 rings (SSSR count). The molecule has 7 nitrogen and oxygen atoms in total. The number of hydrogen-bond acceptors (Lipinski definition) is 5. The van der Waals surface area contributed by atoms with E-state index < -0.39 is 12.3 Å². The fourth-order valence-electron chi connectivity index (χ4n) is 3.17. The summed E-state index contributed by atoms with van der Waals surface area (Å²) in [5.74, 6) is 0.110.